The first-order valence-electron chi connectivity index (χ1n) is 12.0. The van der Waals surface area contributed by atoms with Crippen molar-refractivity contribution >= 4 is 40.8 Å². The number of likely N-dealkylation sites (tertiary alicyclic amines) is 1. The Bertz CT molecular complexity index is 913. The Hall–Kier alpha value is -1.58. The number of methoxy groups -OCH3 is 1. The lowest BCUT2D eigenvalue weighted by Gasteiger charge is -2.43. The van der Waals surface area contributed by atoms with E-state index in [2.05, 4.69) is 10.2 Å². The van der Waals surface area contributed by atoms with Crippen molar-refractivity contribution < 1.29 is 19.4 Å². The average Bonchev–Trinajstić information content (AvgIpc) is 3.59. The standard InChI is InChI=1S/C24H34Cl2N4O4/c1-16-22(32)30(12-11-29(16)23(33)27-17-3-4-19(25)20(26)13-17)18(15-34-2)5-9-28-10-8-24(6-7-24)21(31)14-28/h3-4,13,16,18,21,31H,5-12,14-15H2,1-2H3,(H,27,33)/t16-,18-,21+/m0/s1. The van der Waals surface area contributed by atoms with Crippen molar-refractivity contribution in [2.24, 2.45) is 5.41 Å². The van der Waals surface area contributed by atoms with E-state index >= 15 is 0 Å². The van der Waals surface area contributed by atoms with Gasteiger partial charge in [0.1, 0.15) is 6.04 Å². The van der Waals surface area contributed by atoms with Crippen LogP contribution in [0.25, 0.3) is 0 Å². The quantitative estimate of drug-likeness (QED) is 0.585. The van der Waals surface area contributed by atoms with E-state index in [1.165, 1.54) is 0 Å². The monoisotopic (exact) mass is 512 g/mol. The number of carbonyl (C=O) groups is 2. The number of β-amino-alcohol motifs (C(OH)–C–C–N with tert-alkyl or cyclic N) is 1. The number of benzene rings is 1. The summed E-state index contributed by atoms with van der Waals surface area (Å²) in [6.45, 7) is 5.55. The minimum absolute atomic E-state index is 0.0748. The summed E-state index contributed by atoms with van der Waals surface area (Å²) in [6.07, 6.45) is 3.85. The molecule has 3 fully saturated rings. The number of halogens is 2. The van der Waals surface area contributed by atoms with Crippen LogP contribution < -0.4 is 5.32 Å². The first kappa shape index (κ1) is 25.5. The molecule has 0 radical (unpaired) electrons. The number of ether oxygens (including phenoxy) is 1. The maximum Gasteiger partial charge on any atom is 0.322 e. The van der Waals surface area contributed by atoms with Crippen LogP contribution >= 0.6 is 23.2 Å². The highest BCUT2D eigenvalue weighted by Crippen LogP contribution is 2.53. The van der Waals surface area contributed by atoms with Crippen molar-refractivity contribution in [1.82, 2.24) is 14.7 Å². The number of piperidine rings is 1. The summed E-state index contributed by atoms with van der Waals surface area (Å²) in [5.41, 5.74) is 0.706. The highest BCUT2D eigenvalue weighted by atomic mass is 35.5. The number of carbonyl (C=O) groups excluding carboxylic acids is 2. The van der Waals surface area contributed by atoms with E-state index in [1.54, 1.807) is 37.1 Å². The topological polar surface area (TPSA) is 85.3 Å². The van der Waals surface area contributed by atoms with Gasteiger partial charge >= 0.3 is 6.03 Å². The number of anilines is 1. The van der Waals surface area contributed by atoms with Crippen molar-refractivity contribution in [3.05, 3.63) is 28.2 Å². The maximum atomic E-state index is 13.3. The van der Waals surface area contributed by atoms with E-state index < -0.39 is 6.04 Å². The molecule has 3 atom stereocenters. The third-order valence-corrected chi connectivity index (χ3v) is 8.40. The average molecular weight is 513 g/mol. The fourth-order valence-corrected chi connectivity index (χ4v) is 5.48. The van der Waals surface area contributed by atoms with Gasteiger partial charge in [-0.2, -0.15) is 0 Å². The van der Waals surface area contributed by atoms with Crippen LogP contribution in [0.2, 0.25) is 10.0 Å². The number of hydrogen-bond acceptors (Lipinski definition) is 5. The molecule has 0 bridgehead atoms. The van der Waals surface area contributed by atoms with Gasteiger partial charge in [-0.3, -0.25) is 4.79 Å². The molecule has 1 aliphatic carbocycles. The van der Waals surface area contributed by atoms with Crippen molar-refractivity contribution in [2.45, 2.75) is 50.8 Å². The van der Waals surface area contributed by atoms with E-state index in [9.17, 15) is 14.7 Å². The third kappa shape index (κ3) is 5.46. The van der Waals surface area contributed by atoms with Crippen molar-refractivity contribution in [3.63, 3.8) is 0 Å². The van der Waals surface area contributed by atoms with Crippen LogP contribution in [0, 0.1) is 5.41 Å². The maximum absolute atomic E-state index is 13.3. The van der Waals surface area contributed by atoms with Crippen LogP contribution in [0.3, 0.4) is 0 Å². The third-order valence-electron chi connectivity index (χ3n) is 7.66. The number of rotatable bonds is 7. The molecule has 4 rings (SSSR count). The molecule has 3 amide bonds. The molecule has 2 heterocycles. The molecule has 1 aromatic rings. The SMILES string of the molecule is COC[C@H](CCN1CCC2(CC2)[C@H](O)C1)N1CCN(C(=O)Nc2ccc(Cl)c(Cl)c2)[C@@H](C)C1=O. The van der Waals surface area contributed by atoms with E-state index in [1.807, 2.05) is 4.90 Å². The molecule has 2 aliphatic heterocycles. The highest BCUT2D eigenvalue weighted by molar-refractivity contribution is 6.42. The van der Waals surface area contributed by atoms with Crippen molar-refractivity contribution in [2.75, 3.05) is 51.8 Å². The first-order valence-corrected chi connectivity index (χ1v) is 12.7. The first-order chi connectivity index (χ1) is 16.2. The zero-order valence-electron chi connectivity index (χ0n) is 19.8. The molecular weight excluding hydrogens is 479 g/mol. The Labute approximate surface area is 211 Å². The van der Waals surface area contributed by atoms with Gasteiger partial charge in [0.25, 0.3) is 0 Å². The summed E-state index contributed by atoms with van der Waals surface area (Å²) in [6, 6.07) is 3.86. The summed E-state index contributed by atoms with van der Waals surface area (Å²) in [5, 5.41) is 14.1. The number of nitrogens with zero attached hydrogens (tertiary/aromatic N) is 3. The minimum Gasteiger partial charge on any atom is -0.391 e. The highest BCUT2D eigenvalue weighted by Gasteiger charge is 2.51. The van der Waals surface area contributed by atoms with Gasteiger partial charge in [-0.1, -0.05) is 23.2 Å². The normalized spacial score (nSPS) is 25.5. The van der Waals surface area contributed by atoms with Gasteiger partial charge in [0, 0.05) is 39.0 Å². The van der Waals surface area contributed by atoms with Gasteiger partial charge in [0.15, 0.2) is 0 Å². The summed E-state index contributed by atoms with van der Waals surface area (Å²) in [4.78, 5) is 31.8. The molecule has 8 nitrogen and oxygen atoms in total. The number of aliphatic hydroxyl groups excluding tert-OH is 1. The van der Waals surface area contributed by atoms with Gasteiger partial charge in [-0.25, -0.2) is 4.79 Å². The van der Waals surface area contributed by atoms with Crippen LogP contribution in [0.15, 0.2) is 18.2 Å². The number of hydrogen-bond donors (Lipinski definition) is 2. The van der Waals surface area contributed by atoms with Crippen LogP contribution in [-0.2, 0) is 9.53 Å². The Balaban J connectivity index is 1.33. The van der Waals surface area contributed by atoms with Crippen molar-refractivity contribution in [1.29, 1.82) is 0 Å². The molecule has 1 saturated carbocycles. The summed E-state index contributed by atoms with van der Waals surface area (Å²) >= 11 is 12.0. The van der Waals surface area contributed by atoms with Gasteiger partial charge < -0.3 is 29.9 Å². The van der Waals surface area contributed by atoms with E-state index in [-0.39, 0.29) is 29.5 Å². The molecule has 1 aromatic carbocycles. The number of piperazine rings is 1. The molecule has 0 unspecified atom stereocenters. The van der Waals surface area contributed by atoms with Gasteiger partial charge in [0.2, 0.25) is 5.91 Å². The molecular formula is C24H34Cl2N4O4. The van der Waals surface area contributed by atoms with Crippen molar-refractivity contribution in [3.8, 4) is 0 Å². The molecule has 34 heavy (non-hydrogen) atoms. The Kier molecular flexibility index (Phi) is 7.94. The Morgan fingerprint density at radius 2 is 2.00 bits per heavy atom. The second-order valence-electron chi connectivity index (χ2n) is 9.79. The van der Waals surface area contributed by atoms with Crippen LogP contribution in [0.5, 0.6) is 0 Å². The van der Waals surface area contributed by atoms with E-state index in [0.29, 0.717) is 42.0 Å². The Morgan fingerprint density at radius 3 is 2.65 bits per heavy atom. The fraction of sp³-hybridized carbons (Fsp3) is 0.667. The Morgan fingerprint density at radius 1 is 1.24 bits per heavy atom. The molecule has 2 saturated heterocycles. The number of amides is 3. The zero-order chi connectivity index (χ0) is 24.5. The number of nitrogens with one attached hydrogen (secondary N) is 1. The lowest BCUT2D eigenvalue weighted by atomic mass is 9.90. The van der Waals surface area contributed by atoms with Gasteiger partial charge in [-0.15, -0.1) is 0 Å². The van der Waals surface area contributed by atoms with E-state index in [0.717, 1.165) is 38.8 Å². The smallest absolute Gasteiger partial charge is 0.322 e. The summed E-state index contributed by atoms with van der Waals surface area (Å²) < 4.78 is 5.44. The van der Waals surface area contributed by atoms with E-state index in [4.69, 9.17) is 27.9 Å². The minimum atomic E-state index is -0.595. The van der Waals surface area contributed by atoms with Crippen LogP contribution in [0.1, 0.15) is 32.6 Å². The summed E-state index contributed by atoms with van der Waals surface area (Å²) in [5.74, 6) is -0.0896. The predicted octanol–water partition coefficient (Wildman–Crippen LogP) is 3.31. The molecule has 3 aliphatic rings. The zero-order valence-corrected chi connectivity index (χ0v) is 21.3. The second-order valence-corrected chi connectivity index (χ2v) is 10.6. The molecule has 2 N–H and O–H groups in total. The van der Waals surface area contributed by atoms with Crippen LogP contribution in [-0.4, -0.2) is 96.4 Å². The largest absolute Gasteiger partial charge is 0.391 e. The predicted molar refractivity (Wildman–Crippen MR) is 132 cm³/mol. The van der Waals surface area contributed by atoms with Gasteiger partial charge in [0.05, 0.1) is 28.8 Å². The lowest BCUT2D eigenvalue weighted by Crippen LogP contribution is -2.61. The van der Waals surface area contributed by atoms with Gasteiger partial charge in [-0.05, 0) is 62.8 Å². The molecule has 1 spiro atoms. The van der Waals surface area contributed by atoms with Crippen LogP contribution in [0.4, 0.5) is 10.5 Å². The number of urea groups is 1. The lowest BCUT2D eigenvalue weighted by molar-refractivity contribution is -0.143. The fourth-order valence-electron chi connectivity index (χ4n) is 5.18. The second kappa shape index (κ2) is 10.6. The molecule has 0 aromatic heterocycles. The number of aliphatic hydroxyl groups is 1. The molecule has 188 valence electrons. The molecule has 10 heteroatoms. The summed E-state index contributed by atoms with van der Waals surface area (Å²) in [7, 11) is 1.64.